The first-order chi connectivity index (χ1) is 18.7. The first-order valence-corrected chi connectivity index (χ1v) is 14.9. The average molecular weight is 570 g/mol. The maximum absolute atomic E-state index is 14.0. The molecule has 0 aliphatic heterocycles. The van der Waals surface area contributed by atoms with E-state index in [0.29, 0.717) is 23.7 Å². The third-order valence-electron chi connectivity index (χ3n) is 6.38. The first kappa shape index (κ1) is 30.2. The summed E-state index contributed by atoms with van der Waals surface area (Å²) in [6.07, 6.45) is 2.13. The van der Waals surface area contributed by atoms with Crippen LogP contribution in [-0.4, -0.2) is 44.3 Å². The molecule has 2 amide bonds. The monoisotopic (exact) mass is 569 g/mol. The Morgan fingerprint density at radius 1 is 0.949 bits per heavy atom. The van der Waals surface area contributed by atoms with Gasteiger partial charge in [-0.3, -0.25) is 13.9 Å². The third kappa shape index (κ3) is 8.07. The molecule has 0 bridgehead atoms. The van der Waals surface area contributed by atoms with E-state index in [0.717, 1.165) is 28.3 Å². The van der Waals surface area contributed by atoms with Gasteiger partial charge in [0.05, 0.1) is 10.6 Å². The highest BCUT2D eigenvalue weighted by atomic mass is 35.5. The number of hydrogen-bond donors (Lipinski definition) is 1. The molecule has 0 aliphatic carbocycles. The number of amides is 2. The van der Waals surface area contributed by atoms with Crippen molar-refractivity contribution in [3.05, 3.63) is 95.0 Å². The molecule has 1 N–H and O–H groups in total. The van der Waals surface area contributed by atoms with Gasteiger partial charge in [-0.15, -0.1) is 0 Å². The van der Waals surface area contributed by atoms with Gasteiger partial charge in [0, 0.05) is 18.1 Å². The molecule has 3 rings (SSSR count). The second kappa shape index (κ2) is 14.1. The SMILES string of the molecule is CCCCNC(=O)C(CC)N(Cc1cccc(C)c1)C(=O)CN(c1ccc(Cl)cc1)S(=O)(=O)c1ccccc1. The third-order valence-corrected chi connectivity index (χ3v) is 8.42. The number of halogens is 1. The van der Waals surface area contributed by atoms with Crippen molar-refractivity contribution in [3.8, 4) is 0 Å². The van der Waals surface area contributed by atoms with Crippen LogP contribution in [0, 0.1) is 6.92 Å². The van der Waals surface area contributed by atoms with Gasteiger partial charge in [-0.05, 0) is 61.7 Å². The molecule has 0 radical (unpaired) electrons. The van der Waals surface area contributed by atoms with E-state index < -0.39 is 28.5 Å². The van der Waals surface area contributed by atoms with E-state index in [2.05, 4.69) is 5.32 Å². The lowest BCUT2D eigenvalue weighted by Gasteiger charge is -2.33. The van der Waals surface area contributed by atoms with Crippen LogP contribution in [0.4, 0.5) is 5.69 Å². The number of unbranched alkanes of at least 4 members (excludes halogenated alkanes) is 1. The summed E-state index contributed by atoms with van der Waals surface area (Å²) in [5, 5.41) is 3.38. The van der Waals surface area contributed by atoms with Crippen LogP contribution in [0.1, 0.15) is 44.2 Å². The molecule has 3 aromatic rings. The molecule has 39 heavy (non-hydrogen) atoms. The summed E-state index contributed by atoms with van der Waals surface area (Å²) >= 11 is 6.07. The minimum atomic E-state index is -4.10. The van der Waals surface area contributed by atoms with Crippen LogP contribution in [0.2, 0.25) is 5.02 Å². The first-order valence-electron chi connectivity index (χ1n) is 13.1. The van der Waals surface area contributed by atoms with E-state index in [4.69, 9.17) is 11.6 Å². The second-order valence-corrected chi connectivity index (χ2v) is 11.7. The van der Waals surface area contributed by atoms with Gasteiger partial charge >= 0.3 is 0 Å². The van der Waals surface area contributed by atoms with Crippen molar-refractivity contribution >= 4 is 39.1 Å². The molecule has 0 fully saturated rings. The summed E-state index contributed by atoms with van der Waals surface area (Å²) in [6.45, 7) is 6.04. The molecule has 9 heteroatoms. The summed E-state index contributed by atoms with van der Waals surface area (Å²) in [5.74, 6) is -0.737. The number of rotatable bonds is 13. The quantitative estimate of drug-likeness (QED) is 0.273. The Bertz CT molecular complexity index is 1350. The average Bonchev–Trinajstić information content (AvgIpc) is 2.92. The standard InChI is InChI=1S/C30H36ClN3O4S/c1-4-6-19-32-30(36)28(5-2)33(21-24-12-10-11-23(3)20-24)29(35)22-34(26-17-15-25(31)16-18-26)39(37,38)27-13-8-7-9-14-27/h7-18,20,28H,4-6,19,21-22H2,1-3H3,(H,32,36). The summed E-state index contributed by atoms with van der Waals surface area (Å²) < 4.78 is 28.6. The predicted octanol–water partition coefficient (Wildman–Crippen LogP) is 5.57. The zero-order valence-corrected chi connectivity index (χ0v) is 24.2. The van der Waals surface area contributed by atoms with Crippen molar-refractivity contribution in [2.75, 3.05) is 17.4 Å². The van der Waals surface area contributed by atoms with Gasteiger partial charge < -0.3 is 10.2 Å². The number of sulfonamides is 1. The second-order valence-electron chi connectivity index (χ2n) is 9.38. The van der Waals surface area contributed by atoms with Gasteiger partial charge in [0.15, 0.2) is 0 Å². The van der Waals surface area contributed by atoms with Gasteiger partial charge in [-0.1, -0.05) is 79.9 Å². The summed E-state index contributed by atoms with van der Waals surface area (Å²) in [5.41, 5.74) is 2.18. The number of aryl methyl sites for hydroxylation is 1. The van der Waals surface area contributed by atoms with E-state index in [1.54, 1.807) is 42.5 Å². The van der Waals surface area contributed by atoms with Crippen molar-refractivity contribution in [1.29, 1.82) is 0 Å². The lowest BCUT2D eigenvalue weighted by molar-refractivity contribution is -0.140. The van der Waals surface area contributed by atoms with E-state index in [1.165, 1.54) is 17.0 Å². The number of carbonyl (C=O) groups is 2. The molecular formula is C30H36ClN3O4S. The molecule has 0 aliphatic rings. The Balaban J connectivity index is 2.02. The fourth-order valence-corrected chi connectivity index (χ4v) is 5.85. The van der Waals surface area contributed by atoms with Crippen LogP contribution in [0.15, 0.2) is 83.8 Å². The predicted molar refractivity (Wildman–Crippen MR) is 156 cm³/mol. The molecular weight excluding hydrogens is 534 g/mol. The summed E-state index contributed by atoms with van der Waals surface area (Å²) in [6, 6.07) is 21.2. The van der Waals surface area contributed by atoms with E-state index in [9.17, 15) is 18.0 Å². The summed E-state index contributed by atoms with van der Waals surface area (Å²) in [4.78, 5) is 28.8. The van der Waals surface area contributed by atoms with E-state index >= 15 is 0 Å². The Morgan fingerprint density at radius 3 is 2.26 bits per heavy atom. The van der Waals surface area contributed by atoms with Crippen molar-refractivity contribution < 1.29 is 18.0 Å². The highest BCUT2D eigenvalue weighted by molar-refractivity contribution is 7.92. The number of anilines is 1. The number of benzene rings is 3. The zero-order valence-electron chi connectivity index (χ0n) is 22.6. The lowest BCUT2D eigenvalue weighted by atomic mass is 10.1. The van der Waals surface area contributed by atoms with Crippen molar-refractivity contribution in [2.24, 2.45) is 0 Å². The maximum Gasteiger partial charge on any atom is 0.264 e. The van der Waals surface area contributed by atoms with Crippen LogP contribution >= 0.6 is 11.6 Å². The maximum atomic E-state index is 14.0. The van der Waals surface area contributed by atoms with Gasteiger partial charge in [0.2, 0.25) is 11.8 Å². The Hall–Kier alpha value is -3.36. The van der Waals surface area contributed by atoms with Crippen LogP contribution in [0.25, 0.3) is 0 Å². The van der Waals surface area contributed by atoms with Crippen LogP contribution in [0.3, 0.4) is 0 Å². The number of carbonyl (C=O) groups excluding carboxylic acids is 2. The Labute approximate surface area is 236 Å². The van der Waals surface area contributed by atoms with Gasteiger partial charge in [-0.2, -0.15) is 0 Å². The minimum Gasteiger partial charge on any atom is -0.354 e. The van der Waals surface area contributed by atoms with Crippen molar-refractivity contribution in [3.63, 3.8) is 0 Å². The lowest BCUT2D eigenvalue weighted by Crippen LogP contribution is -2.52. The van der Waals surface area contributed by atoms with Gasteiger partial charge in [0.1, 0.15) is 12.6 Å². The Morgan fingerprint density at radius 2 is 1.64 bits per heavy atom. The van der Waals surface area contributed by atoms with Crippen molar-refractivity contribution in [1.82, 2.24) is 10.2 Å². The Kier molecular flexibility index (Phi) is 10.9. The molecule has 1 unspecified atom stereocenters. The smallest absolute Gasteiger partial charge is 0.264 e. The fourth-order valence-electron chi connectivity index (χ4n) is 4.29. The molecule has 7 nitrogen and oxygen atoms in total. The summed E-state index contributed by atoms with van der Waals surface area (Å²) in [7, 11) is -4.10. The largest absolute Gasteiger partial charge is 0.354 e. The van der Waals surface area contributed by atoms with Crippen LogP contribution in [0.5, 0.6) is 0 Å². The van der Waals surface area contributed by atoms with Crippen LogP contribution < -0.4 is 9.62 Å². The molecule has 0 spiro atoms. The highest BCUT2D eigenvalue weighted by Gasteiger charge is 2.33. The van der Waals surface area contributed by atoms with Crippen molar-refractivity contribution in [2.45, 2.75) is 57.5 Å². The number of nitrogens with zero attached hydrogens (tertiary/aromatic N) is 2. The molecule has 1 atom stereocenters. The number of nitrogens with one attached hydrogen (secondary N) is 1. The zero-order chi connectivity index (χ0) is 28.4. The van der Waals surface area contributed by atoms with Gasteiger partial charge in [-0.25, -0.2) is 8.42 Å². The molecule has 208 valence electrons. The van der Waals surface area contributed by atoms with E-state index in [1.807, 2.05) is 45.0 Å². The fraction of sp³-hybridized carbons (Fsp3) is 0.333. The highest BCUT2D eigenvalue weighted by Crippen LogP contribution is 2.26. The van der Waals surface area contributed by atoms with Gasteiger partial charge in [0.25, 0.3) is 10.0 Å². The molecule has 0 heterocycles. The molecule has 3 aromatic carbocycles. The topological polar surface area (TPSA) is 86.8 Å². The van der Waals surface area contributed by atoms with E-state index in [-0.39, 0.29) is 17.3 Å². The normalized spacial score (nSPS) is 12.0. The number of hydrogen-bond acceptors (Lipinski definition) is 4. The molecule has 0 saturated heterocycles. The minimum absolute atomic E-state index is 0.0577. The molecule has 0 saturated carbocycles. The molecule has 0 aromatic heterocycles. The van der Waals surface area contributed by atoms with Crippen LogP contribution in [-0.2, 0) is 26.2 Å².